The van der Waals surface area contributed by atoms with Crippen LogP contribution in [0, 0.1) is 0 Å². The average Bonchev–Trinajstić information content (AvgIpc) is 3.39. The highest BCUT2D eigenvalue weighted by Crippen LogP contribution is 2.39. The lowest BCUT2D eigenvalue weighted by atomic mass is 9.94. The summed E-state index contributed by atoms with van der Waals surface area (Å²) in [6.45, 7) is 0.315. The van der Waals surface area contributed by atoms with Gasteiger partial charge in [-0.1, -0.05) is 65.8 Å². The lowest BCUT2D eigenvalue weighted by Crippen LogP contribution is -2.43. The Morgan fingerprint density at radius 3 is 2.55 bits per heavy atom. The van der Waals surface area contributed by atoms with E-state index >= 15 is 0 Å². The quantitative estimate of drug-likeness (QED) is 0.611. The van der Waals surface area contributed by atoms with Gasteiger partial charge in [-0.25, -0.2) is 4.79 Å². The molecule has 1 saturated heterocycles. The third-order valence-corrected chi connectivity index (χ3v) is 5.79. The Bertz CT molecular complexity index is 1010. The maximum absolute atomic E-state index is 12.7. The van der Waals surface area contributed by atoms with Crippen LogP contribution in [0.2, 0.25) is 0 Å². The third-order valence-electron chi connectivity index (χ3n) is 5.79. The summed E-state index contributed by atoms with van der Waals surface area (Å²) < 4.78 is 10.8. The van der Waals surface area contributed by atoms with Crippen LogP contribution in [-0.4, -0.2) is 28.2 Å². The van der Waals surface area contributed by atoms with Crippen molar-refractivity contribution in [2.24, 2.45) is 0 Å². The second-order valence-electron chi connectivity index (χ2n) is 7.60. The molecule has 0 radical (unpaired) electrons. The van der Waals surface area contributed by atoms with Crippen molar-refractivity contribution in [2.75, 3.05) is 0 Å². The molecule has 5 nitrogen and oxygen atoms in total. The second kappa shape index (κ2) is 7.59. The Morgan fingerprint density at radius 1 is 1.03 bits per heavy atom. The van der Waals surface area contributed by atoms with Gasteiger partial charge in [0.25, 0.3) is 0 Å². The molecule has 2 aromatic carbocycles. The molecule has 2 aliphatic rings. The number of ether oxygens (including phenoxy) is 1. The highest BCUT2D eigenvalue weighted by molar-refractivity contribution is 5.75. The Kier molecular flexibility index (Phi) is 4.64. The third kappa shape index (κ3) is 3.56. The zero-order valence-electron chi connectivity index (χ0n) is 16.0. The van der Waals surface area contributed by atoms with Gasteiger partial charge in [-0.05, 0) is 36.0 Å². The average molecular weight is 386 g/mol. The zero-order chi connectivity index (χ0) is 19.6. The molecule has 1 fully saturated rings. The van der Waals surface area contributed by atoms with E-state index in [0.717, 1.165) is 36.1 Å². The van der Waals surface area contributed by atoms with E-state index in [4.69, 9.17) is 9.26 Å². The molecule has 2 aliphatic heterocycles. The van der Waals surface area contributed by atoms with Crippen molar-refractivity contribution < 1.29 is 14.1 Å². The van der Waals surface area contributed by atoms with Crippen molar-refractivity contribution in [1.82, 2.24) is 10.1 Å². The highest BCUT2D eigenvalue weighted by atomic mass is 16.6. The molecule has 29 heavy (non-hydrogen) atoms. The van der Waals surface area contributed by atoms with Gasteiger partial charge in [-0.2, -0.15) is 0 Å². The maximum Gasteiger partial charge on any atom is 0.410 e. The lowest BCUT2D eigenvalue weighted by Gasteiger charge is -2.33. The summed E-state index contributed by atoms with van der Waals surface area (Å²) in [7, 11) is 0. The molecule has 2 atom stereocenters. The van der Waals surface area contributed by atoms with Crippen molar-refractivity contribution in [3.05, 3.63) is 84.1 Å². The molecule has 5 rings (SSSR count). The summed E-state index contributed by atoms with van der Waals surface area (Å²) in [5, 5.41) is 3.76. The van der Waals surface area contributed by atoms with Crippen LogP contribution >= 0.6 is 0 Å². The van der Waals surface area contributed by atoms with Crippen LogP contribution < -0.4 is 0 Å². The molecule has 2 unspecified atom stereocenters. The predicted molar refractivity (Wildman–Crippen MR) is 110 cm³/mol. The molecule has 0 aliphatic carbocycles. The maximum atomic E-state index is 12.7. The molecule has 0 spiro atoms. The van der Waals surface area contributed by atoms with E-state index in [9.17, 15) is 4.79 Å². The Labute approximate surface area is 169 Å². The van der Waals surface area contributed by atoms with Gasteiger partial charge in [0.15, 0.2) is 5.76 Å². The van der Waals surface area contributed by atoms with Gasteiger partial charge in [-0.15, -0.1) is 0 Å². The van der Waals surface area contributed by atoms with E-state index in [2.05, 4.69) is 35.5 Å². The van der Waals surface area contributed by atoms with E-state index in [-0.39, 0.29) is 18.2 Å². The minimum atomic E-state index is -0.211. The van der Waals surface area contributed by atoms with Gasteiger partial charge < -0.3 is 9.26 Å². The number of carbonyl (C=O) groups is 1. The molecule has 5 heteroatoms. The number of aromatic nitrogens is 1. The minimum Gasteiger partial charge on any atom is -0.445 e. The van der Waals surface area contributed by atoms with Crippen LogP contribution in [0.1, 0.15) is 30.4 Å². The number of hydrogen-bond donors (Lipinski definition) is 0. The summed E-state index contributed by atoms with van der Waals surface area (Å²) in [6, 6.07) is 20.3. The summed E-state index contributed by atoms with van der Waals surface area (Å²) in [4.78, 5) is 14.6. The standard InChI is InChI=1S/C24H22N2O3/c27-24(28-16-17-4-2-1-3-5-17)26-21-10-11-22(26)15-20(14-21)18-6-8-19(9-7-18)23-12-13-25-29-23/h1-9,12-14,21-22H,10-11,15-16H2. The number of rotatable bonds is 4. The summed E-state index contributed by atoms with van der Waals surface area (Å²) in [6.07, 6.45) is 6.54. The molecule has 2 bridgehead atoms. The van der Waals surface area contributed by atoms with E-state index in [0.29, 0.717) is 6.61 Å². The van der Waals surface area contributed by atoms with Gasteiger partial charge in [0.1, 0.15) is 6.61 Å². The highest BCUT2D eigenvalue weighted by Gasteiger charge is 2.40. The van der Waals surface area contributed by atoms with Gasteiger partial charge in [-0.3, -0.25) is 4.90 Å². The minimum absolute atomic E-state index is 0.112. The predicted octanol–water partition coefficient (Wildman–Crippen LogP) is 5.30. The van der Waals surface area contributed by atoms with Gasteiger partial charge >= 0.3 is 6.09 Å². The second-order valence-corrected chi connectivity index (χ2v) is 7.60. The Hall–Kier alpha value is -3.34. The summed E-state index contributed by atoms with van der Waals surface area (Å²) in [5.74, 6) is 0.765. The number of benzene rings is 2. The SMILES string of the molecule is O=C(OCc1ccccc1)N1C2C=C(c3ccc(-c4ccno4)cc3)CC1CC2. The van der Waals surface area contributed by atoms with Crippen molar-refractivity contribution in [3.63, 3.8) is 0 Å². The fourth-order valence-corrected chi connectivity index (χ4v) is 4.34. The Morgan fingerprint density at radius 2 is 1.83 bits per heavy atom. The van der Waals surface area contributed by atoms with Crippen molar-refractivity contribution in [3.8, 4) is 11.3 Å². The molecule has 1 aromatic heterocycles. The lowest BCUT2D eigenvalue weighted by molar-refractivity contribution is 0.0832. The van der Waals surface area contributed by atoms with Crippen LogP contribution in [0.4, 0.5) is 4.79 Å². The molecule has 3 aromatic rings. The topological polar surface area (TPSA) is 55.6 Å². The van der Waals surface area contributed by atoms with Crippen molar-refractivity contribution in [2.45, 2.75) is 38.0 Å². The molecule has 3 heterocycles. The van der Waals surface area contributed by atoms with Crippen LogP contribution in [0.5, 0.6) is 0 Å². The fraction of sp³-hybridized carbons (Fsp3) is 0.250. The summed E-state index contributed by atoms with van der Waals surface area (Å²) in [5.41, 5.74) is 4.52. The fourth-order valence-electron chi connectivity index (χ4n) is 4.34. The van der Waals surface area contributed by atoms with Crippen LogP contribution in [0.25, 0.3) is 16.9 Å². The first-order valence-corrected chi connectivity index (χ1v) is 9.99. The molecule has 146 valence electrons. The zero-order valence-corrected chi connectivity index (χ0v) is 16.0. The molecular weight excluding hydrogens is 364 g/mol. The van der Waals surface area contributed by atoms with Crippen LogP contribution in [-0.2, 0) is 11.3 Å². The summed E-state index contributed by atoms with van der Waals surface area (Å²) >= 11 is 0. The van der Waals surface area contributed by atoms with Gasteiger partial charge in [0, 0.05) is 17.7 Å². The number of carbonyl (C=O) groups excluding carboxylic acids is 1. The molecule has 0 N–H and O–H groups in total. The number of hydrogen-bond acceptors (Lipinski definition) is 4. The van der Waals surface area contributed by atoms with Crippen molar-refractivity contribution in [1.29, 1.82) is 0 Å². The molecular formula is C24H22N2O3. The molecule has 0 saturated carbocycles. The smallest absolute Gasteiger partial charge is 0.410 e. The number of fused-ring (bicyclic) bond motifs is 2. The number of amides is 1. The monoisotopic (exact) mass is 386 g/mol. The van der Waals surface area contributed by atoms with Gasteiger partial charge in [0.2, 0.25) is 0 Å². The number of nitrogens with zero attached hydrogens (tertiary/aromatic N) is 2. The van der Waals surface area contributed by atoms with E-state index in [1.54, 1.807) is 6.20 Å². The molecule has 1 amide bonds. The van der Waals surface area contributed by atoms with E-state index in [1.165, 1.54) is 11.1 Å². The first-order valence-electron chi connectivity index (χ1n) is 9.99. The largest absolute Gasteiger partial charge is 0.445 e. The first kappa shape index (κ1) is 17.7. The van der Waals surface area contributed by atoms with Gasteiger partial charge in [0.05, 0.1) is 12.2 Å². The van der Waals surface area contributed by atoms with E-state index < -0.39 is 0 Å². The van der Waals surface area contributed by atoms with Crippen LogP contribution in [0.15, 0.2) is 77.5 Å². The van der Waals surface area contributed by atoms with Crippen molar-refractivity contribution >= 4 is 11.7 Å². The van der Waals surface area contributed by atoms with E-state index in [1.807, 2.05) is 41.3 Å². The van der Waals surface area contributed by atoms with Crippen LogP contribution in [0.3, 0.4) is 0 Å². The first-order chi connectivity index (χ1) is 14.3. The Balaban J connectivity index is 1.28. The normalized spacial score (nSPS) is 20.4.